The highest BCUT2D eigenvalue weighted by Crippen LogP contribution is 2.11. The summed E-state index contributed by atoms with van der Waals surface area (Å²) in [5.74, 6) is 0.609. The molecule has 1 rings (SSSR count). The van der Waals surface area contributed by atoms with Crippen molar-refractivity contribution in [3.8, 4) is 0 Å². The second-order valence-corrected chi connectivity index (χ2v) is 4.08. The minimum absolute atomic E-state index is 0.216. The van der Waals surface area contributed by atoms with Gasteiger partial charge in [0.25, 0.3) is 6.61 Å². The Bertz CT molecular complexity index is 463. The third-order valence-electron chi connectivity index (χ3n) is 2.65. The summed E-state index contributed by atoms with van der Waals surface area (Å²) in [6, 6.07) is 0. The number of hydrogen-bond donors (Lipinski definition) is 1. The van der Waals surface area contributed by atoms with E-state index in [0.717, 1.165) is 18.4 Å². The number of carbonyl (C=O) groups is 1. The fourth-order valence-electron chi connectivity index (χ4n) is 1.61. The third kappa shape index (κ3) is 5.40. The highest BCUT2D eigenvalue weighted by Gasteiger charge is 2.16. The van der Waals surface area contributed by atoms with Crippen molar-refractivity contribution in [1.82, 2.24) is 0 Å². The molecule has 0 aliphatic heterocycles. The van der Waals surface area contributed by atoms with Gasteiger partial charge in [0.2, 0.25) is 0 Å². The second-order valence-electron chi connectivity index (χ2n) is 4.08. The van der Waals surface area contributed by atoms with Gasteiger partial charge in [0.05, 0.1) is 18.8 Å². The quantitative estimate of drug-likeness (QED) is 0.416. The van der Waals surface area contributed by atoms with E-state index in [9.17, 15) is 4.79 Å². The number of unbranched alkanes of at least 4 members (excludes halogenated alkanes) is 2. The van der Waals surface area contributed by atoms with Crippen molar-refractivity contribution in [3.05, 3.63) is 41.9 Å². The average molecular weight is 263 g/mol. The molecule has 0 aromatic rings. The summed E-state index contributed by atoms with van der Waals surface area (Å²) >= 11 is 0. The van der Waals surface area contributed by atoms with Gasteiger partial charge >= 0.3 is 11.8 Å². The lowest BCUT2D eigenvalue weighted by atomic mass is 10.1. The van der Waals surface area contributed by atoms with Crippen molar-refractivity contribution in [2.45, 2.75) is 25.7 Å². The average Bonchev–Trinajstić information content (AvgIpc) is 2.42. The van der Waals surface area contributed by atoms with Gasteiger partial charge in [-0.25, -0.2) is 0 Å². The highest BCUT2D eigenvalue weighted by atomic mass is 16.5. The van der Waals surface area contributed by atoms with Gasteiger partial charge in [-0.2, -0.15) is 0 Å². The van der Waals surface area contributed by atoms with Gasteiger partial charge in [0.15, 0.2) is 5.76 Å². The van der Waals surface area contributed by atoms with E-state index in [2.05, 4.69) is 12.3 Å². The van der Waals surface area contributed by atoms with Gasteiger partial charge in [-0.05, 0) is 12.8 Å². The molecule has 1 aliphatic rings. The summed E-state index contributed by atoms with van der Waals surface area (Å²) in [5, 5.41) is 8.51. The maximum absolute atomic E-state index is 10.3. The maximum atomic E-state index is 10.3. The molecule has 0 radical (unpaired) electrons. The summed E-state index contributed by atoms with van der Waals surface area (Å²) in [7, 11) is 1.59. The number of carboxylic acid groups (broad SMARTS) is 1. The van der Waals surface area contributed by atoms with E-state index < -0.39 is 5.97 Å². The van der Waals surface area contributed by atoms with Crippen LogP contribution in [0.4, 0.5) is 0 Å². The molecule has 4 heteroatoms. The van der Waals surface area contributed by atoms with Crippen molar-refractivity contribution in [2.24, 2.45) is 0 Å². The number of rotatable bonds is 8. The fraction of sp³-hybridized carbons (Fsp3) is 0.400. The Hall–Kier alpha value is -2.06. The molecule has 102 valence electrons. The van der Waals surface area contributed by atoms with E-state index in [-0.39, 0.29) is 6.42 Å². The zero-order valence-electron chi connectivity index (χ0n) is 11.1. The molecule has 0 saturated heterocycles. The third-order valence-corrected chi connectivity index (χ3v) is 2.65. The Kier molecular flexibility index (Phi) is 6.41. The van der Waals surface area contributed by atoms with Gasteiger partial charge in [-0.1, -0.05) is 18.4 Å². The van der Waals surface area contributed by atoms with Gasteiger partial charge in [-0.3, -0.25) is 9.22 Å². The molecule has 0 saturated carbocycles. The van der Waals surface area contributed by atoms with Crippen LogP contribution in [0.25, 0.3) is 0 Å². The molecule has 0 aromatic heterocycles. The second kappa shape index (κ2) is 8.11. The molecule has 0 heterocycles. The first-order valence-corrected chi connectivity index (χ1v) is 6.24. The van der Waals surface area contributed by atoms with Gasteiger partial charge in [-0.15, -0.1) is 0 Å². The smallest absolute Gasteiger partial charge is 0.358 e. The van der Waals surface area contributed by atoms with E-state index in [4.69, 9.17) is 14.3 Å². The Morgan fingerprint density at radius 2 is 2.32 bits per heavy atom. The number of methoxy groups -OCH3 is 1. The zero-order chi connectivity index (χ0) is 14.1. The molecule has 4 nitrogen and oxygen atoms in total. The Morgan fingerprint density at radius 1 is 1.53 bits per heavy atom. The van der Waals surface area contributed by atoms with Crippen LogP contribution < -0.4 is 0 Å². The molecule has 0 bridgehead atoms. The van der Waals surface area contributed by atoms with Crippen LogP contribution in [0.2, 0.25) is 0 Å². The van der Waals surface area contributed by atoms with Crippen LogP contribution >= 0.6 is 0 Å². The molecule has 0 aromatic carbocycles. The number of allylic oxidation sites excluding steroid dienone is 3. The molecule has 0 amide bonds. The molecule has 19 heavy (non-hydrogen) atoms. The van der Waals surface area contributed by atoms with E-state index in [1.54, 1.807) is 19.3 Å². The monoisotopic (exact) mass is 263 g/mol. The van der Waals surface area contributed by atoms with Crippen LogP contribution in [0.1, 0.15) is 25.7 Å². The standard InChI is InChI=1S/C15H18O4/c1-3-12-11-13(18-2)8-9-14(12)19-10-6-4-5-7-15(16)17/h3,9,11H,1,4-7,10H2,2H3/p+1. The largest absolute Gasteiger partial charge is 0.489 e. The number of ketones is 1. The van der Waals surface area contributed by atoms with E-state index in [1.807, 2.05) is 6.08 Å². The molecule has 0 atom stereocenters. The molecule has 0 spiro atoms. The normalized spacial score (nSPS) is 15.9. The predicted octanol–water partition coefficient (Wildman–Crippen LogP) is 2.55. The number of aliphatic carboxylic acids is 1. The molecular formula is C15H19O4+. The van der Waals surface area contributed by atoms with Crippen molar-refractivity contribution >= 4 is 11.8 Å². The van der Waals surface area contributed by atoms with Crippen LogP contribution in [0.5, 0.6) is 0 Å². The van der Waals surface area contributed by atoms with Crippen molar-refractivity contribution in [1.29, 1.82) is 0 Å². The lowest BCUT2D eigenvalue weighted by Crippen LogP contribution is -2.06. The van der Waals surface area contributed by atoms with Crippen molar-refractivity contribution in [2.75, 3.05) is 13.7 Å². The number of hydrogen-bond acceptors (Lipinski definition) is 2. The molecular weight excluding hydrogens is 244 g/mol. The Morgan fingerprint density at radius 3 is 2.95 bits per heavy atom. The van der Waals surface area contributed by atoms with Crippen molar-refractivity contribution in [3.63, 3.8) is 0 Å². The van der Waals surface area contributed by atoms with Crippen LogP contribution in [0.15, 0.2) is 41.9 Å². The van der Waals surface area contributed by atoms with Crippen molar-refractivity contribution < 1.29 is 19.1 Å². The number of carboxylic acids is 1. The maximum Gasteiger partial charge on any atom is 0.358 e. The van der Waals surface area contributed by atoms with E-state index >= 15 is 0 Å². The van der Waals surface area contributed by atoms with Crippen LogP contribution in [0, 0.1) is 0 Å². The first-order valence-electron chi connectivity index (χ1n) is 6.24. The summed E-state index contributed by atoms with van der Waals surface area (Å²) in [6.07, 6.45) is 7.82. The van der Waals surface area contributed by atoms with Crippen LogP contribution in [-0.2, 0) is 14.0 Å². The summed E-state index contributed by atoms with van der Waals surface area (Å²) in [5.41, 5.74) is 3.82. The molecule has 1 N–H and O–H groups in total. The Balaban J connectivity index is 2.45. The highest BCUT2D eigenvalue weighted by molar-refractivity contribution is 6.07. The fourth-order valence-corrected chi connectivity index (χ4v) is 1.61. The summed E-state index contributed by atoms with van der Waals surface area (Å²) in [6.45, 7) is 4.29. The van der Waals surface area contributed by atoms with Crippen LogP contribution in [-0.4, -0.2) is 30.6 Å². The lowest BCUT2D eigenvalue weighted by molar-refractivity contribution is -0.456. The van der Waals surface area contributed by atoms with E-state index in [1.165, 1.54) is 0 Å². The van der Waals surface area contributed by atoms with E-state index in [0.29, 0.717) is 24.6 Å². The summed E-state index contributed by atoms with van der Waals surface area (Å²) in [4.78, 5) is 10.3. The zero-order valence-corrected chi connectivity index (χ0v) is 11.1. The molecule has 0 fully saturated rings. The predicted molar refractivity (Wildman–Crippen MR) is 72.9 cm³/mol. The van der Waals surface area contributed by atoms with Gasteiger partial charge in [0, 0.05) is 18.9 Å². The van der Waals surface area contributed by atoms with Crippen LogP contribution in [0.3, 0.4) is 0 Å². The first-order chi connectivity index (χ1) is 9.17. The first kappa shape index (κ1) is 15.0. The lowest BCUT2D eigenvalue weighted by Gasteiger charge is -2.01. The van der Waals surface area contributed by atoms with Gasteiger partial charge < -0.3 is 9.84 Å². The SMILES string of the molecule is C=CC1=CC(OC)=C=CC1=[O+]CCCCCC(=O)O. The number of ether oxygens (including phenoxy) is 1. The minimum atomic E-state index is -0.750. The Labute approximate surface area is 113 Å². The van der Waals surface area contributed by atoms with Gasteiger partial charge in [0.1, 0.15) is 0 Å². The topological polar surface area (TPSA) is 57.8 Å². The summed E-state index contributed by atoms with van der Waals surface area (Å²) < 4.78 is 10.7. The molecule has 0 unspecified atom stereocenters. The minimum Gasteiger partial charge on any atom is -0.489 e. The number of carbonyl (C=O) groups excluding carboxylic acids is 1. The molecule has 1 aliphatic carbocycles.